The number of anilines is 1. The molecule has 2 aliphatic rings. The zero-order valence-electron chi connectivity index (χ0n) is 16.5. The summed E-state index contributed by atoms with van der Waals surface area (Å²) >= 11 is 0. The number of H-pyrrole nitrogens is 1. The highest BCUT2D eigenvalue weighted by Crippen LogP contribution is 2.47. The summed E-state index contributed by atoms with van der Waals surface area (Å²) in [5.41, 5.74) is 1.07. The number of nitrogens with one attached hydrogen (secondary N) is 1. The standard InChI is InChI=1S/C20H22N6O3S/c1-29-16-4-2-15(3-5-16)12-24-30(27,28)26-11-10-25(13-20(26)7-8-20)19-17-6-9-21-18(17)22-14-23-19/h2-6,9,12,14H,7-8,10-11,13H2,1H3,(H,21,22,23). The van der Waals surface area contributed by atoms with Gasteiger partial charge in [-0.15, -0.1) is 0 Å². The third-order valence-corrected chi connectivity index (χ3v) is 7.27. The zero-order valence-corrected chi connectivity index (χ0v) is 17.3. The first kappa shape index (κ1) is 19.0. The molecular weight excluding hydrogens is 404 g/mol. The molecule has 9 nitrogen and oxygen atoms in total. The fourth-order valence-corrected chi connectivity index (χ4v) is 5.45. The highest BCUT2D eigenvalue weighted by atomic mass is 32.2. The van der Waals surface area contributed by atoms with E-state index in [4.69, 9.17) is 4.74 Å². The molecule has 0 amide bonds. The van der Waals surface area contributed by atoms with Crippen LogP contribution in [-0.4, -0.2) is 66.2 Å². The maximum atomic E-state index is 13.0. The predicted octanol–water partition coefficient (Wildman–Crippen LogP) is 1.98. The van der Waals surface area contributed by atoms with Gasteiger partial charge in [-0.2, -0.15) is 17.1 Å². The maximum Gasteiger partial charge on any atom is 0.322 e. The van der Waals surface area contributed by atoms with Gasteiger partial charge in [-0.25, -0.2) is 9.97 Å². The molecule has 1 saturated heterocycles. The van der Waals surface area contributed by atoms with Crippen LogP contribution in [0.2, 0.25) is 0 Å². The second kappa shape index (κ2) is 7.06. The lowest BCUT2D eigenvalue weighted by Crippen LogP contribution is -2.56. The van der Waals surface area contributed by atoms with Gasteiger partial charge in [-0.3, -0.25) is 0 Å². The van der Waals surface area contributed by atoms with E-state index in [2.05, 4.69) is 24.2 Å². The number of nitrogens with zero attached hydrogens (tertiary/aromatic N) is 5. The number of hydrogen-bond acceptors (Lipinski definition) is 6. The van der Waals surface area contributed by atoms with Crippen molar-refractivity contribution >= 4 is 33.3 Å². The lowest BCUT2D eigenvalue weighted by atomic mass is 10.2. The van der Waals surface area contributed by atoms with Crippen molar-refractivity contribution in [3.05, 3.63) is 48.4 Å². The van der Waals surface area contributed by atoms with E-state index in [0.717, 1.165) is 29.7 Å². The molecule has 3 aromatic rings. The number of methoxy groups -OCH3 is 1. The van der Waals surface area contributed by atoms with E-state index >= 15 is 0 Å². The molecule has 0 bridgehead atoms. The van der Waals surface area contributed by atoms with E-state index < -0.39 is 15.7 Å². The van der Waals surface area contributed by atoms with Gasteiger partial charge in [-0.1, -0.05) is 0 Å². The third-order valence-electron chi connectivity index (χ3n) is 5.78. The molecule has 3 heterocycles. The van der Waals surface area contributed by atoms with Crippen LogP contribution in [0.1, 0.15) is 18.4 Å². The molecular formula is C20H22N6O3S. The monoisotopic (exact) mass is 426 g/mol. The maximum absolute atomic E-state index is 13.0. The van der Waals surface area contributed by atoms with Crippen LogP contribution in [0.5, 0.6) is 5.75 Å². The summed E-state index contributed by atoms with van der Waals surface area (Å²) in [4.78, 5) is 14.0. The van der Waals surface area contributed by atoms with Crippen molar-refractivity contribution in [3.63, 3.8) is 0 Å². The Balaban J connectivity index is 1.36. The molecule has 1 N–H and O–H groups in total. The topological polar surface area (TPSA) is 104 Å². The Morgan fingerprint density at radius 1 is 1.17 bits per heavy atom. The fraction of sp³-hybridized carbons (Fsp3) is 0.350. The predicted molar refractivity (Wildman–Crippen MR) is 114 cm³/mol. The molecule has 5 rings (SSSR count). The normalized spacial score (nSPS) is 19.0. The highest BCUT2D eigenvalue weighted by Gasteiger charge is 2.56. The van der Waals surface area contributed by atoms with Gasteiger partial charge in [-0.05, 0) is 48.7 Å². The quantitative estimate of drug-likeness (QED) is 0.626. The number of rotatable bonds is 5. The molecule has 156 valence electrons. The van der Waals surface area contributed by atoms with Crippen LogP contribution < -0.4 is 9.64 Å². The van der Waals surface area contributed by atoms with Crippen molar-refractivity contribution in [3.8, 4) is 5.75 Å². The van der Waals surface area contributed by atoms with E-state index in [1.165, 1.54) is 12.5 Å². The van der Waals surface area contributed by atoms with Gasteiger partial charge in [0.2, 0.25) is 0 Å². The van der Waals surface area contributed by atoms with Gasteiger partial charge >= 0.3 is 10.2 Å². The van der Waals surface area contributed by atoms with Crippen LogP contribution in [-0.2, 0) is 10.2 Å². The van der Waals surface area contributed by atoms with Gasteiger partial charge in [0.05, 0.1) is 18.0 Å². The fourth-order valence-electron chi connectivity index (χ4n) is 4.04. The van der Waals surface area contributed by atoms with Gasteiger partial charge in [0, 0.05) is 32.0 Å². The molecule has 10 heteroatoms. The van der Waals surface area contributed by atoms with Crippen LogP contribution in [0.3, 0.4) is 0 Å². The Hall–Kier alpha value is -2.98. The van der Waals surface area contributed by atoms with E-state index in [1.807, 2.05) is 12.3 Å². The Morgan fingerprint density at radius 2 is 1.97 bits per heavy atom. The molecule has 0 unspecified atom stereocenters. The molecule has 1 saturated carbocycles. The summed E-state index contributed by atoms with van der Waals surface area (Å²) in [7, 11) is -2.19. The van der Waals surface area contributed by atoms with Crippen molar-refractivity contribution < 1.29 is 13.2 Å². The first-order valence-corrected chi connectivity index (χ1v) is 11.2. The largest absolute Gasteiger partial charge is 0.497 e. The van der Waals surface area contributed by atoms with Crippen molar-refractivity contribution in [2.45, 2.75) is 18.4 Å². The summed E-state index contributed by atoms with van der Waals surface area (Å²) in [5.74, 6) is 1.55. The van der Waals surface area contributed by atoms with Crippen molar-refractivity contribution in [1.82, 2.24) is 19.3 Å². The average Bonchev–Trinajstić information content (AvgIpc) is 3.33. The Morgan fingerprint density at radius 3 is 2.70 bits per heavy atom. The first-order chi connectivity index (χ1) is 14.5. The lowest BCUT2D eigenvalue weighted by molar-refractivity contribution is 0.271. The Labute approximate surface area is 174 Å². The van der Waals surface area contributed by atoms with E-state index in [0.29, 0.717) is 30.9 Å². The molecule has 1 spiro atoms. The number of piperazine rings is 1. The number of aromatic amines is 1. The highest BCUT2D eigenvalue weighted by molar-refractivity contribution is 7.88. The summed E-state index contributed by atoms with van der Waals surface area (Å²) in [6, 6.07) is 9.06. The SMILES string of the molecule is COc1ccc(C=NS(=O)(=O)N2CCN(c3ncnc4[nH]ccc34)CC23CC3)cc1. The van der Waals surface area contributed by atoms with Crippen molar-refractivity contribution in [2.24, 2.45) is 4.40 Å². The number of benzene rings is 1. The van der Waals surface area contributed by atoms with Crippen LogP contribution in [0.4, 0.5) is 5.82 Å². The van der Waals surface area contributed by atoms with E-state index in [1.54, 1.807) is 35.7 Å². The Bertz CT molecular complexity index is 1200. The number of hydrogen-bond donors (Lipinski definition) is 1. The molecule has 2 aromatic heterocycles. The number of aromatic nitrogens is 3. The number of ether oxygens (including phenoxy) is 1. The average molecular weight is 427 g/mol. The second-order valence-electron chi connectivity index (χ2n) is 7.64. The van der Waals surface area contributed by atoms with Gasteiger partial charge in [0.1, 0.15) is 23.5 Å². The van der Waals surface area contributed by atoms with Crippen molar-refractivity contribution in [2.75, 3.05) is 31.6 Å². The summed E-state index contributed by atoms with van der Waals surface area (Å²) in [6.45, 7) is 1.52. The Kier molecular flexibility index (Phi) is 4.48. The third kappa shape index (κ3) is 3.31. The number of fused-ring (bicyclic) bond motifs is 1. The minimum Gasteiger partial charge on any atom is -0.497 e. The second-order valence-corrected chi connectivity index (χ2v) is 9.19. The van der Waals surface area contributed by atoms with Gasteiger partial charge in [0.15, 0.2) is 0 Å². The van der Waals surface area contributed by atoms with E-state index in [-0.39, 0.29) is 0 Å². The smallest absolute Gasteiger partial charge is 0.322 e. The molecule has 0 radical (unpaired) electrons. The summed E-state index contributed by atoms with van der Waals surface area (Å²) < 4.78 is 36.7. The van der Waals surface area contributed by atoms with Crippen LogP contribution in [0.25, 0.3) is 11.0 Å². The van der Waals surface area contributed by atoms with Gasteiger partial charge in [0.25, 0.3) is 0 Å². The van der Waals surface area contributed by atoms with Crippen LogP contribution in [0, 0.1) is 0 Å². The molecule has 1 aliphatic heterocycles. The van der Waals surface area contributed by atoms with Crippen molar-refractivity contribution in [1.29, 1.82) is 0 Å². The van der Waals surface area contributed by atoms with Crippen LogP contribution >= 0.6 is 0 Å². The molecule has 30 heavy (non-hydrogen) atoms. The summed E-state index contributed by atoms with van der Waals surface area (Å²) in [5, 5.41) is 0.946. The molecule has 2 fully saturated rings. The molecule has 1 aromatic carbocycles. The van der Waals surface area contributed by atoms with Crippen LogP contribution in [0.15, 0.2) is 47.3 Å². The molecule has 1 aliphatic carbocycles. The van der Waals surface area contributed by atoms with Gasteiger partial charge < -0.3 is 14.6 Å². The van der Waals surface area contributed by atoms with E-state index in [9.17, 15) is 8.42 Å². The first-order valence-electron chi connectivity index (χ1n) is 9.76. The minimum atomic E-state index is -3.77. The zero-order chi connectivity index (χ0) is 20.8. The molecule has 0 atom stereocenters. The lowest BCUT2D eigenvalue weighted by Gasteiger charge is -2.40. The minimum absolute atomic E-state index is 0.373. The summed E-state index contributed by atoms with van der Waals surface area (Å²) in [6.07, 6.45) is 6.41.